The average molecular weight is 375 g/mol. The molecule has 9 nitrogen and oxygen atoms in total. The van der Waals surface area contributed by atoms with Gasteiger partial charge < -0.3 is 9.57 Å². The van der Waals surface area contributed by atoms with Crippen molar-refractivity contribution >= 4 is 29.9 Å². The molecule has 1 heterocycles. The van der Waals surface area contributed by atoms with Crippen molar-refractivity contribution in [2.24, 2.45) is 5.10 Å². The topological polar surface area (TPSA) is 114 Å². The maximum absolute atomic E-state index is 11.8. The van der Waals surface area contributed by atoms with Crippen molar-refractivity contribution in [1.82, 2.24) is 10.5 Å². The number of rotatable bonds is 9. The summed E-state index contributed by atoms with van der Waals surface area (Å²) < 4.78 is 5.54. The second-order valence-corrected chi connectivity index (χ2v) is 5.82. The quantitative estimate of drug-likeness (QED) is 0.229. The Balaban J connectivity index is 1.71. The highest BCUT2D eigenvalue weighted by molar-refractivity contribution is 5.99. The molecule has 27 heavy (non-hydrogen) atoms. The van der Waals surface area contributed by atoms with Crippen molar-refractivity contribution in [1.29, 1.82) is 0 Å². The van der Waals surface area contributed by atoms with Crippen LogP contribution in [0.15, 0.2) is 29.4 Å². The van der Waals surface area contributed by atoms with Gasteiger partial charge in [0.25, 0.3) is 11.8 Å². The fourth-order valence-corrected chi connectivity index (χ4v) is 2.37. The van der Waals surface area contributed by atoms with Gasteiger partial charge in [-0.25, -0.2) is 10.2 Å². The summed E-state index contributed by atoms with van der Waals surface area (Å²) in [6, 6.07) is 7.09. The molecule has 1 aliphatic rings. The number of nitrogens with zero attached hydrogens (tertiary/aromatic N) is 2. The summed E-state index contributed by atoms with van der Waals surface area (Å²) in [6.45, 7) is 2.03. The summed E-state index contributed by atoms with van der Waals surface area (Å²) in [5, 5.41) is 4.41. The predicted octanol–water partition coefficient (Wildman–Crippen LogP) is 1.31. The van der Waals surface area contributed by atoms with Crippen molar-refractivity contribution in [3.8, 4) is 5.75 Å². The first-order valence-electron chi connectivity index (χ1n) is 8.54. The number of nitrogens with one attached hydrogen (secondary N) is 1. The fourth-order valence-electron chi connectivity index (χ4n) is 2.37. The third kappa shape index (κ3) is 6.21. The molecule has 9 heteroatoms. The Morgan fingerprint density at radius 3 is 2.52 bits per heavy atom. The Kier molecular flexibility index (Phi) is 7.48. The largest absolute Gasteiger partial charge is 0.494 e. The van der Waals surface area contributed by atoms with Crippen molar-refractivity contribution in [3.63, 3.8) is 0 Å². The highest BCUT2D eigenvalue weighted by atomic mass is 16.7. The molecule has 1 N–H and O–H groups in total. The highest BCUT2D eigenvalue weighted by Crippen LogP contribution is 2.15. The van der Waals surface area contributed by atoms with Gasteiger partial charge in [-0.05, 0) is 49.6 Å². The summed E-state index contributed by atoms with van der Waals surface area (Å²) in [4.78, 5) is 49.9. The molecule has 0 radical (unpaired) electrons. The van der Waals surface area contributed by atoms with Gasteiger partial charge in [0, 0.05) is 12.8 Å². The number of carbonyl (C=O) groups is 4. The van der Waals surface area contributed by atoms with E-state index in [1.807, 2.05) is 0 Å². The fraction of sp³-hybridized carbons (Fsp3) is 0.389. The van der Waals surface area contributed by atoms with E-state index >= 15 is 0 Å². The van der Waals surface area contributed by atoms with Gasteiger partial charge in [0.15, 0.2) is 0 Å². The molecule has 1 aliphatic heterocycles. The Morgan fingerprint density at radius 1 is 1.22 bits per heavy atom. The molecule has 0 unspecified atom stereocenters. The molecule has 0 spiro atoms. The monoisotopic (exact) mass is 375 g/mol. The number of ether oxygens (including phenoxy) is 1. The summed E-state index contributed by atoms with van der Waals surface area (Å²) >= 11 is 0. The van der Waals surface area contributed by atoms with Crippen molar-refractivity contribution < 1.29 is 28.8 Å². The number of piperidine rings is 1. The van der Waals surface area contributed by atoms with Crippen LogP contribution in [0.3, 0.4) is 0 Å². The lowest BCUT2D eigenvalue weighted by Gasteiger charge is -2.22. The normalized spacial score (nSPS) is 14.7. The predicted molar refractivity (Wildman–Crippen MR) is 94.4 cm³/mol. The molecular formula is C18H21N3O6. The van der Waals surface area contributed by atoms with Gasteiger partial charge in [0.1, 0.15) is 5.75 Å². The number of amides is 3. The molecule has 1 aromatic carbocycles. The van der Waals surface area contributed by atoms with E-state index in [4.69, 9.17) is 9.57 Å². The van der Waals surface area contributed by atoms with Crippen LogP contribution in [-0.2, 0) is 24.0 Å². The van der Waals surface area contributed by atoms with Crippen LogP contribution in [0.2, 0.25) is 0 Å². The zero-order valence-electron chi connectivity index (χ0n) is 15.0. The van der Waals surface area contributed by atoms with E-state index in [1.54, 1.807) is 31.2 Å². The first kappa shape index (κ1) is 20.1. The number of hydroxylamine groups is 2. The number of benzene rings is 1. The first-order valence-corrected chi connectivity index (χ1v) is 8.54. The van der Waals surface area contributed by atoms with Gasteiger partial charge in [-0.3, -0.25) is 14.4 Å². The third-order valence-corrected chi connectivity index (χ3v) is 3.78. The third-order valence-electron chi connectivity index (χ3n) is 3.78. The smallest absolute Gasteiger partial charge is 0.333 e. The van der Waals surface area contributed by atoms with E-state index in [0.29, 0.717) is 35.8 Å². The Morgan fingerprint density at radius 2 is 1.89 bits per heavy atom. The van der Waals surface area contributed by atoms with Crippen molar-refractivity contribution in [2.45, 2.75) is 39.0 Å². The van der Waals surface area contributed by atoms with Crippen LogP contribution in [0.1, 0.15) is 44.6 Å². The molecule has 0 bridgehead atoms. The van der Waals surface area contributed by atoms with Crippen molar-refractivity contribution in [2.75, 3.05) is 6.61 Å². The van der Waals surface area contributed by atoms with Crippen LogP contribution < -0.4 is 10.2 Å². The maximum Gasteiger partial charge on any atom is 0.333 e. The lowest BCUT2D eigenvalue weighted by Crippen LogP contribution is -2.41. The minimum atomic E-state index is -0.646. The van der Waals surface area contributed by atoms with Gasteiger partial charge in [-0.15, -0.1) is 5.06 Å². The number of imide groups is 1. The van der Waals surface area contributed by atoms with Crippen LogP contribution >= 0.6 is 0 Å². The van der Waals surface area contributed by atoms with Crippen molar-refractivity contribution in [3.05, 3.63) is 29.8 Å². The van der Waals surface area contributed by atoms with Crippen LogP contribution in [0.5, 0.6) is 5.75 Å². The molecular weight excluding hydrogens is 354 g/mol. The Hall–Kier alpha value is -3.23. The molecule has 144 valence electrons. The highest BCUT2D eigenvalue weighted by Gasteiger charge is 2.29. The summed E-state index contributed by atoms with van der Waals surface area (Å²) in [7, 11) is 0. The molecule has 1 saturated heterocycles. The standard InChI is InChI=1S/C18H21N3O6/c1-13(20-19-12-22)14-7-9-15(10-8-14)26-11-3-6-18(25)27-21-16(23)4-2-5-17(21)24/h7-10,12H,2-6,11H2,1H3,(H,19,22)/b20-13+. The van der Waals surface area contributed by atoms with Crippen LogP contribution in [-0.4, -0.2) is 41.6 Å². The van der Waals surface area contributed by atoms with Gasteiger partial charge >= 0.3 is 5.97 Å². The Labute approximate surface area is 156 Å². The molecule has 0 aromatic heterocycles. The van der Waals surface area contributed by atoms with Gasteiger partial charge in [-0.2, -0.15) is 5.10 Å². The lowest BCUT2D eigenvalue weighted by molar-refractivity contribution is -0.205. The van der Waals surface area contributed by atoms with E-state index in [-0.39, 0.29) is 25.9 Å². The molecule has 2 rings (SSSR count). The van der Waals surface area contributed by atoms with Gasteiger partial charge in [-0.1, -0.05) is 0 Å². The van der Waals surface area contributed by atoms with Crippen LogP contribution in [0.4, 0.5) is 0 Å². The molecule has 1 fully saturated rings. The number of hydrogen-bond acceptors (Lipinski definition) is 7. The first-order chi connectivity index (χ1) is 13.0. The minimum absolute atomic E-state index is 0.0261. The van der Waals surface area contributed by atoms with E-state index in [1.165, 1.54) is 0 Å². The zero-order valence-corrected chi connectivity index (χ0v) is 15.0. The van der Waals surface area contributed by atoms with E-state index in [9.17, 15) is 19.2 Å². The molecule has 3 amide bonds. The zero-order chi connectivity index (χ0) is 19.6. The van der Waals surface area contributed by atoms with E-state index in [0.717, 1.165) is 5.56 Å². The average Bonchev–Trinajstić information content (AvgIpc) is 2.67. The number of carbonyl (C=O) groups excluding carboxylic acids is 4. The number of hydrogen-bond donors (Lipinski definition) is 1. The van der Waals surface area contributed by atoms with E-state index < -0.39 is 17.8 Å². The second-order valence-electron chi connectivity index (χ2n) is 5.82. The molecule has 0 atom stereocenters. The maximum atomic E-state index is 11.8. The van der Waals surface area contributed by atoms with Gasteiger partial charge in [0.05, 0.1) is 18.7 Å². The minimum Gasteiger partial charge on any atom is -0.494 e. The van der Waals surface area contributed by atoms with E-state index in [2.05, 4.69) is 10.5 Å². The van der Waals surface area contributed by atoms with Crippen LogP contribution in [0, 0.1) is 0 Å². The number of hydrazone groups is 1. The molecule has 0 aliphatic carbocycles. The molecule has 0 saturated carbocycles. The second kappa shape index (κ2) is 10.0. The Bertz CT molecular complexity index is 713. The van der Waals surface area contributed by atoms with Gasteiger partial charge in [0.2, 0.25) is 6.41 Å². The summed E-state index contributed by atoms with van der Waals surface area (Å²) in [5.74, 6) is -1.01. The summed E-state index contributed by atoms with van der Waals surface area (Å²) in [5.41, 5.74) is 3.72. The molecule has 1 aromatic rings. The summed E-state index contributed by atoms with van der Waals surface area (Å²) in [6.07, 6.45) is 1.78. The SMILES string of the molecule is C/C(=N\NC=O)c1ccc(OCCCC(=O)ON2C(=O)CCCC2=O)cc1. The van der Waals surface area contributed by atoms with Crippen LogP contribution in [0.25, 0.3) is 0 Å². The lowest BCUT2D eigenvalue weighted by atomic mass is 10.1.